The number of pyridine rings is 1. The topological polar surface area (TPSA) is 124 Å². The number of anilines is 1. The van der Waals surface area contributed by atoms with Crippen molar-refractivity contribution < 1.29 is 18.7 Å². The van der Waals surface area contributed by atoms with Crippen LogP contribution in [0.4, 0.5) is 5.82 Å². The number of amides is 1. The number of esters is 1. The second kappa shape index (κ2) is 9.36. The van der Waals surface area contributed by atoms with E-state index in [1.807, 2.05) is 24.3 Å². The summed E-state index contributed by atoms with van der Waals surface area (Å²) in [5.74, 6) is 0.454. The number of carbonyl (C=O) groups is 2. The van der Waals surface area contributed by atoms with Gasteiger partial charge in [-0.3, -0.25) is 14.0 Å². The summed E-state index contributed by atoms with van der Waals surface area (Å²) in [7, 11) is 1.32. The highest BCUT2D eigenvalue weighted by Crippen LogP contribution is 2.29. The van der Waals surface area contributed by atoms with Gasteiger partial charge in [0.05, 0.1) is 13.4 Å². The molecule has 3 aromatic heterocycles. The molecule has 0 unspecified atom stereocenters. The van der Waals surface area contributed by atoms with Gasteiger partial charge in [0.1, 0.15) is 23.7 Å². The fourth-order valence-corrected chi connectivity index (χ4v) is 3.32. The highest BCUT2D eigenvalue weighted by atomic mass is 16.5. The maximum Gasteiger partial charge on any atom is 0.325 e. The molecule has 0 saturated heterocycles. The Balaban J connectivity index is 1.59. The molecule has 0 atom stereocenters. The zero-order valence-electron chi connectivity index (χ0n) is 17.5. The fraction of sp³-hybridized carbons (Fsp3) is 0.174. The van der Waals surface area contributed by atoms with Gasteiger partial charge >= 0.3 is 5.97 Å². The molecule has 0 saturated carbocycles. The summed E-state index contributed by atoms with van der Waals surface area (Å²) in [6.45, 7) is 0.792. The van der Waals surface area contributed by atoms with E-state index >= 15 is 0 Å². The first-order valence-corrected chi connectivity index (χ1v) is 10.0. The Morgan fingerprint density at radius 2 is 2.00 bits per heavy atom. The monoisotopic (exact) mass is 433 g/mol. The van der Waals surface area contributed by atoms with Gasteiger partial charge in [0.25, 0.3) is 5.91 Å². The minimum atomic E-state index is -0.417. The molecule has 0 aliphatic carbocycles. The largest absolute Gasteiger partial charge is 0.468 e. The average molecular weight is 433 g/mol. The van der Waals surface area contributed by atoms with Crippen molar-refractivity contribution in [1.82, 2.24) is 14.7 Å². The van der Waals surface area contributed by atoms with Crippen LogP contribution in [0.25, 0.3) is 17.1 Å². The third-order valence-electron chi connectivity index (χ3n) is 4.95. The van der Waals surface area contributed by atoms with Gasteiger partial charge in [0.15, 0.2) is 5.76 Å². The van der Waals surface area contributed by atoms with E-state index in [1.54, 1.807) is 41.1 Å². The van der Waals surface area contributed by atoms with E-state index in [-0.39, 0.29) is 12.5 Å². The van der Waals surface area contributed by atoms with Crippen LogP contribution >= 0.6 is 0 Å². The van der Waals surface area contributed by atoms with E-state index in [0.717, 1.165) is 11.1 Å². The number of nitrogens with zero attached hydrogens (tertiary/aromatic N) is 2. The van der Waals surface area contributed by atoms with E-state index in [1.165, 1.54) is 7.11 Å². The molecule has 4 aromatic rings. The van der Waals surface area contributed by atoms with Crippen molar-refractivity contribution in [3.05, 3.63) is 77.7 Å². The molecular formula is C23H23N5O4. The van der Waals surface area contributed by atoms with Gasteiger partial charge in [-0.1, -0.05) is 24.3 Å². The van der Waals surface area contributed by atoms with E-state index in [0.29, 0.717) is 41.6 Å². The first kappa shape index (κ1) is 21.1. The zero-order valence-corrected chi connectivity index (χ0v) is 17.5. The van der Waals surface area contributed by atoms with E-state index < -0.39 is 5.97 Å². The first-order valence-electron chi connectivity index (χ1n) is 10.0. The SMILES string of the molecule is COC(=O)CNc1c(-c2ccco2)nc2cc(C(=O)NCc3cccc(CN)c3)ccn12. The Morgan fingerprint density at radius 1 is 1.16 bits per heavy atom. The molecule has 0 fully saturated rings. The number of methoxy groups -OCH3 is 1. The van der Waals surface area contributed by atoms with Crippen molar-refractivity contribution in [3.63, 3.8) is 0 Å². The van der Waals surface area contributed by atoms with E-state index in [2.05, 4.69) is 15.6 Å². The standard InChI is InChI=1S/C23H23N5O4/c1-31-20(29)14-25-22-21(18-6-3-9-32-18)27-19-11-17(7-8-28(19)22)23(30)26-13-16-5-2-4-15(10-16)12-24/h2-11,25H,12-14,24H2,1H3,(H,26,30). The minimum Gasteiger partial charge on any atom is -0.468 e. The molecule has 32 heavy (non-hydrogen) atoms. The molecule has 0 aliphatic heterocycles. The lowest BCUT2D eigenvalue weighted by Gasteiger charge is -2.09. The second-order valence-electron chi connectivity index (χ2n) is 7.07. The van der Waals surface area contributed by atoms with Crippen LogP contribution in [0.5, 0.6) is 0 Å². The number of fused-ring (bicyclic) bond motifs is 1. The number of ether oxygens (including phenoxy) is 1. The number of imidazole rings is 1. The van der Waals surface area contributed by atoms with Crippen LogP contribution in [0, 0.1) is 0 Å². The van der Waals surface area contributed by atoms with Crippen LogP contribution in [0.3, 0.4) is 0 Å². The summed E-state index contributed by atoms with van der Waals surface area (Å²) < 4.78 is 11.9. The molecule has 9 nitrogen and oxygen atoms in total. The van der Waals surface area contributed by atoms with Crippen LogP contribution in [0.2, 0.25) is 0 Å². The lowest BCUT2D eigenvalue weighted by molar-refractivity contribution is -0.138. The van der Waals surface area contributed by atoms with Gasteiger partial charge < -0.3 is 25.5 Å². The van der Waals surface area contributed by atoms with Gasteiger partial charge in [-0.25, -0.2) is 4.98 Å². The van der Waals surface area contributed by atoms with Gasteiger partial charge in [-0.15, -0.1) is 0 Å². The molecule has 1 aromatic carbocycles. The second-order valence-corrected chi connectivity index (χ2v) is 7.07. The maximum absolute atomic E-state index is 12.7. The van der Waals surface area contributed by atoms with Gasteiger partial charge in [-0.05, 0) is 35.4 Å². The molecule has 0 radical (unpaired) electrons. The predicted molar refractivity (Wildman–Crippen MR) is 119 cm³/mol. The number of nitrogens with two attached hydrogens (primary N) is 1. The van der Waals surface area contributed by atoms with Crippen LogP contribution < -0.4 is 16.4 Å². The van der Waals surface area contributed by atoms with Crippen molar-refractivity contribution in [3.8, 4) is 11.5 Å². The third kappa shape index (κ3) is 4.47. The first-order chi connectivity index (χ1) is 15.6. The molecule has 3 heterocycles. The smallest absolute Gasteiger partial charge is 0.325 e. The van der Waals surface area contributed by atoms with Crippen molar-refractivity contribution in [2.75, 3.05) is 19.0 Å². The predicted octanol–water partition coefficient (Wildman–Crippen LogP) is 2.57. The van der Waals surface area contributed by atoms with Crippen molar-refractivity contribution >= 4 is 23.3 Å². The Labute approximate surface area is 184 Å². The molecule has 9 heteroatoms. The van der Waals surface area contributed by atoms with E-state index in [9.17, 15) is 9.59 Å². The number of nitrogens with one attached hydrogen (secondary N) is 2. The van der Waals surface area contributed by atoms with Gasteiger partial charge in [0, 0.05) is 24.8 Å². The van der Waals surface area contributed by atoms with Crippen molar-refractivity contribution in [2.24, 2.45) is 5.73 Å². The normalized spacial score (nSPS) is 10.8. The van der Waals surface area contributed by atoms with Crippen molar-refractivity contribution in [2.45, 2.75) is 13.1 Å². The Hall–Kier alpha value is -4.11. The van der Waals surface area contributed by atoms with Gasteiger partial charge in [0.2, 0.25) is 0 Å². The molecule has 164 valence electrons. The molecular weight excluding hydrogens is 410 g/mol. The number of benzene rings is 1. The lowest BCUT2D eigenvalue weighted by Crippen LogP contribution is -2.23. The molecule has 0 aliphatic rings. The Morgan fingerprint density at radius 3 is 2.75 bits per heavy atom. The summed E-state index contributed by atoms with van der Waals surface area (Å²) >= 11 is 0. The Bertz CT molecular complexity index is 1250. The zero-order chi connectivity index (χ0) is 22.5. The maximum atomic E-state index is 12.7. The number of hydrogen-bond acceptors (Lipinski definition) is 7. The lowest BCUT2D eigenvalue weighted by atomic mass is 10.1. The third-order valence-corrected chi connectivity index (χ3v) is 4.95. The number of furan rings is 1. The molecule has 4 N–H and O–H groups in total. The molecule has 0 spiro atoms. The number of hydrogen-bond donors (Lipinski definition) is 3. The summed E-state index contributed by atoms with van der Waals surface area (Å²) in [6.07, 6.45) is 3.26. The van der Waals surface area contributed by atoms with E-state index in [4.69, 9.17) is 14.9 Å². The summed E-state index contributed by atoms with van der Waals surface area (Å²) in [4.78, 5) is 28.9. The summed E-state index contributed by atoms with van der Waals surface area (Å²) in [5.41, 5.74) is 9.17. The van der Waals surface area contributed by atoms with Crippen LogP contribution in [-0.4, -0.2) is 34.9 Å². The minimum absolute atomic E-state index is 0.0396. The molecule has 0 bridgehead atoms. The highest BCUT2D eigenvalue weighted by Gasteiger charge is 2.18. The molecule has 4 rings (SSSR count). The number of aromatic nitrogens is 2. The van der Waals surface area contributed by atoms with Gasteiger partial charge in [-0.2, -0.15) is 0 Å². The molecule has 1 amide bonds. The highest BCUT2D eigenvalue weighted by molar-refractivity contribution is 5.95. The quantitative estimate of drug-likeness (QED) is 0.365. The Kier molecular flexibility index (Phi) is 6.18. The average Bonchev–Trinajstić information content (AvgIpc) is 3.48. The fourth-order valence-electron chi connectivity index (χ4n) is 3.32. The van der Waals surface area contributed by atoms with Crippen molar-refractivity contribution in [1.29, 1.82) is 0 Å². The van der Waals surface area contributed by atoms with Crippen LogP contribution in [0.15, 0.2) is 65.4 Å². The van der Waals surface area contributed by atoms with Crippen LogP contribution in [0.1, 0.15) is 21.5 Å². The number of carbonyl (C=O) groups excluding carboxylic acids is 2. The summed E-state index contributed by atoms with van der Waals surface area (Å²) in [5, 5.41) is 5.95. The number of rotatable bonds is 8. The van der Waals surface area contributed by atoms with Crippen LogP contribution in [-0.2, 0) is 22.6 Å². The summed E-state index contributed by atoms with van der Waals surface area (Å²) in [6, 6.07) is 14.7.